The van der Waals surface area contributed by atoms with Gasteiger partial charge in [-0.2, -0.15) is 0 Å². The number of hydrogen-bond acceptors (Lipinski definition) is 3. The molecule has 0 aliphatic rings. The third-order valence-corrected chi connectivity index (χ3v) is 3.28. The van der Waals surface area contributed by atoms with Crippen LogP contribution in [0.2, 0.25) is 0 Å². The molecule has 0 aliphatic heterocycles. The minimum absolute atomic E-state index is 0.890. The Bertz CT molecular complexity index is 725. The fourth-order valence-electron chi connectivity index (χ4n) is 2.35. The highest BCUT2D eigenvalue weighted by atomic mass is 15.2. The molecule has 0 aliphatic carbocycles. The molecule has 102 valence electrons. The second-order valence-electron chi connectivity index (χ2n) is 4.88. The van der Waals surface area contributed by atoms with E-state index in [4.69, 9.17) is 0 Å². The maximum absolute atomic E-state index is 4.56. The van der Waals surface area contributed by atoms with Gasteiger partial charge in [-0.15, -0.1) is 0 Å². The number of nitrogens with zero attached hydrogens (tertiary/aromatic N) is 3. The first kappa shape index (κ1) is 12.7. The SMILES string of the molecule is CCCNc1nc(C)cn1-c1cccc2ccncc12. The summed E-state index contributed by atoms with van der Waals surface area (Å²) in [6.07, 6.45) is 6.86. The van der Waals surface area contributed by atoms with Gasteiger partial charge >= 0.3 is 0 Å². The Labute approximate surface area is 118 Å². The molecule has 4 nitrogen and oxygen atoms in total. The topological polar surface area (TPSA) is 42.7 Å². The lowest BCUT2D eigenvalue weighted by atomic mass is 10.1. The first-order valence-corrected chi connectivity index (χ1v) is 6.92. The Hall–Kier alpha value is -2.36. The monoisotopic (exact) mass is 266 g/mol. The van der Waals surface area contributed by atoms with E-state index < -0.39 is 0 Å². The summed E-state index contributed by atoms with van der Waals surface area (Å²) in [5, 5.41) is 5.70. The van der Waals surface area contributed by atoms with E-state index >= 15 is 0 Å². The van der Waals surface area contributed by atoms with Gasteiger partial charge in [-0.25, -0.2) is 4.98 Å². The van der Waals surface area contributed by atoms with E-state index in [9.17, 15) is 0 Å². The highest BCUT2D eigenvalue weighted by Crippen LogP contribution is 2.24. The van der Waals surface area contributed by atoms with Crippen molar-refractivity contribution < 1.29 is 0 Å². The van der Waals surface area contributed by atoms with Crippen LogP contribution in [0.4, 0.5) is 5.95 Å². The summed E-state index contributed by atoms with van der Waals surface area (Å²) >= 11 is 0. The van der Waals surface area contributed by atoms with Gasteiger partial charge < -0.3 is 5.32 Å². The van der Waals surface area contributed by atoms with Crippen LogP contribution >= 0.6 is 0 Å². The summed E-state index contributed by atoms with van der Waals surface area (Å²) < 4.78 is 2.11. The molecule has 0 saturated carbocycles. The van der Waals surface area contributed by atoms with Gasteiger partial charge in [0.15, 0.2) is 0 Å². The molecule has 0 saturated heterocycles. The largest absolute Gasteiger partial charge is 0.355 e. The molecule has 2 aromatic heterocycles. The molecule has 0 atom stereocenters. The van der Waals surface area contributed by atoms with Crippen LogP contribution in [0.5, 0.6) is 0 Å². The summed E-state index contributed by atoms with van der Waals surface area (Å²) in [4.78, 5) is 8.81. The molecular weight excluding hydrogens is 248 g/mol. The molecule has 20 heavy (non-hydrogen) atoms. The Balaban J connectivity index is 2.15. The van der Waals surface area contributed by atoms with Crippen LogP contribution in [0.25, 0.3) is 16.5 Å². The van der Waals surface area contributed by atoms with Gasteiger partial charge in [0.2, 0.25) is 5.95 Å². The van der Waals surface area contributed by atoms with Gasteiger partial charge in [0.05, 0.1) is 11.4 Å². The molecule has 0 spiro atoms. The second-order valence-corrected chi connectivity index (χ2v) is 4.88. The van der Waals surface area contributed by atoms with Gasteiger partial charge in [0, 0.05) is 30.5 Å². The summed E-state index contributed by atoms with van der Waals surface area (Å²) in [7, 11) is 0. The average Bonchev–Trinajstić information content (AvgIpc) is 2.85. The van der Waals surface area contributed by atoms with Crippen LogP contribution in [0.3, 0.4) is 0 Å². The highest BCUT2D eigenvalue weighted by Gasteiger charge is 2.09. The predicted molar refractivity (Wildman–Crippen MR) is 82.4 cm³/mol. The average molecular weight is 266 g/mol. The Morgan fingerprint density at radius 2 is 2.15 bits per heavy atom. The lowest BCUT2D eigenvalue weighted by Gasteiger charge is -2.11. The summed E-state index contributed by atoms with van der Waals surface area (Å²) in [6.45, 7) is 5.07. The highest BCUT2D eigenvalue weighted by molar-refractivity contribution is 5.89. The van der Waals surface area contributed by atoms with Crippen molar-refractivity contribution in [3.05, 3.63) is 48.5 Å². The van der Waals surface area contributed by atoms with Gasteiger partial charge in [-0.05, 0) is 30.9 Å². The van der Waals surface area contributed by atoms with E-state index in [0.717, 1.165) is 35.7 Å². The third-order valence-electron chi connectivity index (χ3n) is 3.28. The Morgan fingerprint density at radius 1 is 1.25 bits per heavy atom. The molecule has 4 heteroatoms. The zero-order valence-corrected chi connectivity index (χ0v) is 11.8. The van der Waals surface area contributed by atoms with Crippen molar-refractivity contribution in [2.45, 2.75) is 20.3 Å². The van der Waals surface area contributed by atoms with E-state index in [1.165, 1.54) is 5.39 Å². The van der Waals surface area contributed by atoms with Crippen molar-refractivity contribution in [2.24, 2.45) is 0 Å². The van der Waals surface area contributed by atoms with E-state index in [2.05, 4.69) is 51.2 Å². The van der Waals surface area contributed by atoms with Gasteiger partial charge in [0.1, 0.15) is 0 Å². The summed E-state index contributed by atoms with van der Waals surface area (Å²) in [6, 6.07) is 8.30. The molecular formula is C16H18N4. The summed E-state index contributed by atoms with van der Waals surface area (Å²) in [5.74, 6) is 0.890. The molecule has 0 radical (unpaired) electrons. The van der Waals surface area contributed by atoms with Crippen molar-refractivity contribution >= 4 is 16.7 Å². The van der Waals surface area contributed by atoms with Crippen molar-refractivity contribution in [2.75, 3.05) is 11.9 Å². The number of rotatable bonds is 4. The van der Waals surface area contributed by atoms with Crippen LogP contribution in [-0.2, 0) is 0 Å². The fourth-order valence-corrected chi connectivity index (χ4v) is 2.35. The van der Waals surface area contributed by atoms with E-state index in [1.54, 1.807) is 0 Å². The van der Waals surface area contributed by atoms with Crippen LogP contribution in [-0.4, -0.2) is 21.1 Å². The number of benzene rings is 1. The van der Waals surface area contributed by atoms with Crippen molar-refractivity contribution in [3.63, 3.8) is 0 Å². The maximum Gasteiger partial charge on any atom is 0.207 e. The number of hydrogen-bond donors (Lipinski definition) is 1. The second kappa shape index (κ2) is 5.33. The molecule has 3 aromatic rings. The van der Waals surface area contributed by atoms with Gasteiger partial charge in [-0.3, -0.25) is 9.55 Å². The lowest BCUT2D eigenvalue weighted by molar-refractivity contribution is 0.938. The molecule has 2 heterocycles. The number of pyridine rings is 1. The number of nitrogens with one attached hydrogen (secondary N) is 1. The molecule has 0 amide bonds. The van der Waals surface area contributed by atoms with Crippen LogP contribution < -0.4 is 5.32 Å². The smallest absolute Gasteiger partial charge is 0.207 e. The first-order chi connectivity index (χ1) is 9.79. The predicted octanol–water partition coefficient (Wildman–Crippen LogP) is 3.55. The normalized spacial score (nSPS) is 10.9. The van der Waals surface area contributed by atoms with Crippen LogP contribution in [0.15, 0.2) is 42.9 Å². The lowest BCUT2D eigenvalue weighted by Crippen LogP contribution is -2.07. The first-order valence-electron chi connectivity index (χ1n) is 6.92. The maximum atomic E-state index is 4.56. The zero-order valence-electron chi connectivity index (χ0n) is 11.8. The van der Waals surface area contributed by atoms with E-state index in [1.807, 2.05) is 25.4 Å². The van der Waals surface area contributed by atoms with Gasteiger partial charge in [-0.1, -0.05) is 19.1 Å². The van der Waals surface area contributed by atoms with Gasteiger partial charge in [0.25, 0.3) is 0 Å². The van der Waals surface area contributed by atoms with Crippen molar-refractivity contribution in [1.29, 1.82) is 0 Å². The van der Waals surface area contributed by atoms with Crippen LogP contribution in [0, 0.1) is 6.92 Å². The molecule has 1 N–H and O–H groups in total. The number of fused-ring (bicyclic) bond motifs is 1. The number of aromatic nitrogens is 3. The molecule has 0 bridgehead atoms. The number of imidazole rings is 1. The minimum atomic E-state index is 0.890. The van der Waals surface area contributed by atoms with E-state index in [0.29, 0.717) is 0 Å². The molecule has 1 aromatic carbocycles. The zero-order chi connectivity index (χ0) is 13.9. The van der Waals surface area contributed by atoms with Crippen LogP contribution in [0.1, 0.15) is 19.0 Å². The summed E-state index contributed by atoms with van der Waals surface area (Å²) in [5.41, 5.74) is 2.11. The number of aryl methyl sites for hydroxylation is 1. The standard InChI is InChI=1S/C16H18N4/c1-3-8-18-16-19-12(2)11-20(16)15-6-4-5-13-7-9-17-10-14(13)15/h4-7,9-11H,3,8H2,1-2H3,(H,18,19). The van der Waals surface area contributed by atoms with Crippen molar-refractivity contribution in [1.82, 2.24) is 14.5 Å². The minimum Gasteiger partial charge on any atom is -0.355 e. The quantitative estimate of drug-likeness (QED) is 0.785. The molecule has 3 rings (SSSR count). The van der Waals surface area contributed by atoms with Crippen molar-refractivity contribution in [3.8, 4) is 5.69 Å². The molecule has 0 fully saturated rings. The number of anilines is 1. The fraction of sp³-hybridized carbons (Fsp3) is 0.250. The third kappa shape index (κ3) is 2.25. The molecule has 0 unspecified atom stereocenters. The van der Waals surface area contributed by atoms with E-state index in [-0.39, 0.29) is 0 Å². The Kier molecular flexibility index (Phi) is 3.37. The Morgan fingerprint density at radius 3 is 3.00 bits per heavy atom.